The predicted molar refractivity (Wildman–Crippen MR) is 340 cm³/mol. The standard InChI is InChI=1S/C65H100N8O13S2/c1-12-28-72(62(81)49(41(7)13-2)35-55(77)52-22-16-18-29-71(52)10)53(40(5)6)36-56(86-43(9)74)61-70-51(38-88-61)60(80)68-46(31-42(8)64(83)84)32-44-23-25-45(26-24-44)33-54(76)50(21-19-27-67-65(66)85)69-59(79)48(39(3)4)34-47(75)20-15-14-17-30-73-58(78)37-57(87-11)63(73)82/h23-26,38-42,46,48-50,52-53,56-57H,12-22,27-37H2,1-11H3,(H,68,80)(H,69,79)(H,83,84)(H3,66,67,85)/t41-,42?,46+,48-,49-,50-,52+,53+,56+,57?/m0/s1. The van der Waals surface area contributed by atoms with Crippen molar-refractivity contribution in [3.05, 3.63) is 51.5 Å². The number of likely N-dealkylation sites (tertiary alicyclic amines) is 2. The topological polar surface area (TPSA) is 302 Å². The van der Waals surface area contributed by atoms with Gasteiger partial charge in [-0.05, 0) is 107 Å². The van der Waals surface area contributed by atoms with Crippen LogP contribution in [-0.2, 0) is 60.7 Å². The summed E-state index contributed by atoms with van der Waals surface area (Å²) in [6, 6.07) is 4.03. The van der Waals surface area contributed by atoms with Gasteiger partial charge in [0.1, 0.15) is 16.5 Å². The Bertz CT molecular complexity index is 2680. The molecule has 6 N–H and O–H groups in total. The normalized spacial score (nSPS) is 18.2. The quantitative estimate of drug-likeness (QED) is 0.0238. The molecule has 0 bridgehead atoms. The molecule has 88 heavy (non-hydrogen) atoms. The lowest BCUT2D eigenvalue weighted by Gasteiger charge is -2.39. The number of benzene rings is 1. The SMILES string of the molecule is CCCN(C(=O)[C@@H](CC(=O)[C@H]1CCCCN1C)[C@@H](C)CC)[C@H](C[C@@H](OC(C)=O)c1nc(C(=O)N[C@@H](Cc2ccc(CC(=O)[C@H](CCCNC(N)=O)NC(=O)[C@@H](CC(=O)CCCCCN3C(=O)CC(SC)C3=O)C(C)C)cc2)CC(C)C(=O)O)cs1)C(C)C. The van der Waals surface area contributed by atoms with Crippen molar-refractivity contribution in [3.8, 4) is 0 Å². The van der Waals surface area contributed by atoms with Crippen molar-refractivity contribution >= 4 is 88.0 Å². The Balaban J connectivity index is 1.46. The van der Waals surface area contributed by atoms with E-state index in [1.807, 2.05) is 60.4 Å². The van der Waals surface area contributed by atoms with Crippen molar-refractivity contribution < 1.29 is 62.6 Å². The fourth-order valence-electron chi connectivity index (χ4n) is 11.8. The minimum Gasteiger partial charge on any atom is -0.481 e. The highest BCUT2D eigenvalue weighted by molar-refractivity contribution is 8.00. The Morgan fingerprint density at radius 1 is 0.886 bits per heavy atom. The molecule has 7 amide bonds. The summed E-state index contributed by atoms with van der Waals surface area (Å²) in [6.45, 7) is 18.3. The van der Waals surface area contributed by atoms with Gasteiger partial charge in [0.05, 0.1) is 23.3 Å². The number of esters is 1. The third-order valence-electron chi connectivity index (χ3n) is 17.3. The van der Waals surface area contributed by atoms with Gasteiger partial charge in [0.15, 0.2) is 17.7 Å². The van der Waals surface area contributed by atoms with E-state index in [4.69, 9.17) is 10.5 Å². The van der Waals surface area contributed by atoms with Crippen LogP contribution in [0.4, 0.5) is 4.79 Å². The Labute approximate surface area is 529 Å². The second-order valence-electron chi connectivity index (χ2n) is 24.9. The fourth-order valence-corrected chi connectivity index (χ4v) is 13.3. The minimum atomic E-state index is -1.05. The van der Waals surface area contributed by atoms with Gasteiger partial charge in [-0.1, -0.05) is 98.9 Å². The van der Waals surface area contributed by atoms with E-state index < -0.39 is 71.8 Å². The first-order valence-corrected chi connectivity index (χ1v) is 33.9. The van der Waals surface area contributed by atoms with Crippen LogP contribution in [0.25, 0.3) is 0 Å². The number of ketones is 3. The molecule has 0 spiro atoms. The van der Waals surface area contributed by atoms with E-state index in [0.717, 1.165) is 42.7 Å². The molecule has 3 heterocycles. The predicted octanol–water partition coefficient (Wildman–Crippen LogP) is 8.29. The average molecular weight is 1270 g/mol. The molecule has 21 nitrogen and oxygen atoms in total. The first-order chi connectivity index (χ1) is 41.7. The largest absolute Gasteiger partial charge is 0.481 e. The summed E-state index contributed by atoms with van der Waals surface area (Å²) in [5.74, 6) is -5.96. The molecule has 2 fully saturated rings. The van der Waals surface area contributed by atoms with Gasteiger partial charge in [0, 0.05) is 94.4 Å². The van der Waals surface area contributed by atoms with Crippen LogP contribution >= 0.6 is 23.1 Å². The number of nitrogens with one attached hydrogen (secondary N) is 3. The number of unbranched alkanes of at least 4 members (excludes halogenated alkanes) is 2. The van der Waals surface area contributed by atoms with E-state index >= 15 is 0 Å². The molecule has 0 saturated carbocycles. The van der Waals surface area contributed by atoms with Crippen LogP contribution in [0.15, 0.2) is 29.6 Å². The van der Waals surface area contributed by atoms with Crippen LogP contribution in [-0.4, -0.2) is 159 Å². The number of imide groups is 1. The number of carbonyl (C=O) groups is 11. The fraction of sp³-hybridized carbons (Fsp3) is 0.692. The smallest absolute Gasteiger partial charge is 0.312 e. The van der Waals surface area contributed by atoms with Crippen molar-refractivity contribution in [2.24, 2.45) is 41.2 Å². The molecule has 4 rings (SSSR count). The van der Waals surface area contributed by atoms with Crippen LogP contribution in [0.3, 0.4) is 0 Å². The summed E-state index contributed by atoms with van der Waals surface area (Å²) in [5, 5.41) is 19.9. The number of aromatic nitrogens is 1. The lowest BCUT2D eigenvalue weighted by molar-refractivity contribution is -0.150. The van der Waals surface area contributed by atoms with Gasteiger partial charge >= 0.3 is 18.0 Å². The summed E-state index contributed by atoms with van der Waals surface area (Å²) in [6.07, 6.45) is 8.13. The number of hydrogen-bond donors (Lipinski definition) is 5. The van der Waals surface area contributed by atoms with Crippen molar-refractivity contribution in [1.82, 2.24) is 35.6 Å². The summed E-state index contributed by atoms with van der Waals surface area (Å²) in [5.41, 5.74) is 6.66. The molecule has 490 valence electrons. The Kier molecular flexibility index (Phi) is 31.4. The summed E-state index contributed by atoms with van der Waals surface area (Å²) < 4.78 is 5.93. The molecule has 2 aromatic rings. The van der Waals surface area contributed by atoms with E-state index in [1.165, 1.54) is 23.6 Å². The van der Waals surface area contributed by atoms with Crippen molar-refractivity contribution in [3.63, 3.8) is 0 Å². The number of rotatable bonds is 40. The number of likely N-dealkylation sites (N-methyl/N-ethyl adjacent to an activating group) is 1. The highest BCUT2D eigenvalue weighted by atomic mass is 32.2. The van der Waals surface area contributed by atoms with Gasteiger partial charge in [0.25, 0.3) is 5.91 Å². The van der Waals surface area contributed by atoms with E-state index in [-0.39, 0.29) is 134 Å². The number of thiazole rings is 1. The molecule has 0 aliphatic carbocycles. The lowest BCUT2D eigenvalue weighted by atomic mass is 9.82. The second kappa shape index (κ2) is 37.2. The third-order valence-corrected chi connectivity index (χ3v) is 19.2. The van der Waals surface area contributed by atoms with E-state index in [2.05, 4.69) is 25.8 Å². The number of thioether (sulfide) groups is 1. The van der Waals surface area contributed by atoms with Crippen LogP contribution in [0, 0.1) is 35.5 Å². The zero-order chi connectivity index (χ0) is 65.4. The third kappa shape index (κ3) is 23.4. The maximum atomic E-state index is 14.9. The zero-order valence-electron chi connectivity index (χ0n) is 53.9. The van der Waals surface area contributed by atoms with E-state index in [0.29, 0.717) is 62.2 Å². The molecule has 0 radical (unpaired) electrons. The van der Waals surface area contributed by atoms with Gasteiger partial charge in [0.2, 0.25) is 23.6 Å². The number of primary amides is 1. The molecule has 2 unspecified atom stereocenters. The highest BCUT2D eigenvalue weighted by Crippen LogP contribution is 2.34. The summed E-state index contributed by atoms with van der Waals surface area (Å²) in [7, 11) is 1.97. The molecule has 23 heteroatoms. The zero-order valence-corrected chi connectivity index (χ0v) is 55.5. The van der Waals surface area contributed by atoms with Gasteiger partial charge in [-0.3, -0.25) is 57.7 Å². The van der Waals surface area contributed by atoms with Crippen molar-refractivity contribution in [1.29, 1.82) is 0 Å². The first kappa shape index (κ1) is 74.4. The molecule has 1 aromatic heterocycles. The maximum absolute atomic E-state index is 14.9. The Morgan fingerprint density at radius 2 is 1.58 bits per heavy atom. The molecule has 2 saturated heterocycles. The van der Waals surface area contributed by atoms with Crippen LogP contribution < -0.4 is 21.7 Å². The number of carboxylic acid groups (broad SMARTS) is 1. The first-order valence-electron chi connectivity index (χ1n) is 31.7. The van der Waals surface area contributed by atoms with Crippen LogP contribution in [0.1, 0.15) is 198 Å². The number of amides is 7. The lowest BCUT2D eigenvalue weighted by Crippen LogP contribution is -2.50. The van der Waals surface area contributed by atoms with E-state index in [1.54, 1.807) is 42.8 Å². The number of piperidine rings is 1. The van der Waals surface area contributed by atoms with Gasteiger partial charge in [-0.2, -0.15) is 11.8 Å². The average Bonchev–Trinajstić information content (AvgIpc) is 4.31. The number of carbonyl (C=O) groups excluding carboxylic acids is 10. The summed E-state index contributed by atoms with van der Waals surface area (Å²) in [4.78, 5) is 155. The van der Waals surface area contributed by atoms with Crippen molar-refractivity contribution in [2.45, 2.75) is 213 Å². The summed E-state index contributed by atoms with van der Waals surface area (Å²) >= 11 is 2.49. The number of Topliss-reactive ketones (excluding diaryl/α,β-unsaturated/α-hetero) is 3. The van der Waals surface area contributed by atoms with Gasteiger partial charge < -0.3 is 36.4 Å². The number of nitrogens with zero attached hydrogens (tertiary/aromatic N) is 4. The number of ether oxygens (including phenoxy) is 1. The minimum absolute atomic E-state index is 0.0343. The van der Waals surface area contributed by atoms with Crippen LogP contribution in [0.2, 0.25) is 0 Å². The number of carboxylic acids is 1. The molecule has 2 aliphatic heterocycles. The van der Waals surface area contributed by atoms with Gasteiger partial charge in [-0.25, -0.2) is 9.78 Å². The number of urea groups is 1. The molecular formula is C65H100N8O13S2. The molecular weight excluding hydrogens is 1160 g/mol. The molecule has 1 aromatic carbocycles. The highest BCUT2D eigenvalue weighted by Gasteiger charge is 2.40. The Hall–Kier alpha value is -6.07. The Morgan fingerprint density at radius 3 is 2.17 bits per heavy atom. The maximum Gasteiger partial charge on any atom is 0.312 e. The number of aliphatic carboxylic acids is 1. The van der Waals surface area contributed by atoms with Gasteiger partial charge in [-0.15, -0.1) is 11.3 Å². The number of nitrogens with two attached hydrogens (primary N) is 1. The monoisotopic (exact) mass is 1260 g/mol. The van der Waals surface area contributed by atoms with Crippen LogP contribution in [0.5, 0.6) is 0 Å². The second-order valence-corrected chi connectivity index (χ2v) is 26.9. The molecule has 10 atom stereocenters. The number of hydrogen-bond acceptors (Lipinski definition) is 16. The van der Waals surface area contributed by atoms with Crippen molar-refractivity contribution in [2.75, 3.05) is 39.5 Å². The molecule has 2 aliphatic rings. The van der Waals surface area contributed by atoms with E-state index in [9.17, 15) is 57.8 Å².